The van der Waals surface area contributed by atoms with Gasteiger partial charge in [0.1, 0.15) is 11.1 Å². The van der Waals surface area contributed by atoms with Crippen molar-refractivity contribution in [1.82, 2.24) is 4.98 Å². The molecule has 2 N–H and O–H groups in total. The van der Waals surface area contributed by atoms with Gasteiger partial charge in [-0.05, 0) is 12.1 Å². The number of halogens is 1. The molecule has 0 atom stereocenters. The summed E-state index contributed by atoms with van der Waals surface area (Å²) in [5.74, 6) is 0. The number of aromatic nitrogens is 1. The molecule has 0 unspecified atom stereocenters. The molecule has 4 nitrogen and oxygen atoms in total. The molecular weight excluding hydrogens is 240 g/mol. The van der Waals surface area contributed by atoms with Crippen LogP contribution in [0.4, 0.5) is 0 Å². The van der Waals surface area contributed by atoms with Gasteiger partial charge >= 0.3 is 7.12 Å². The molecule has 0 saturated carbocycles. The standard InChI is InChI=1S/C11H7BClNO3/c13-8-4-5-14-9-6-2-1-3-7(12(15)16)10(6)17-11(8)9/h1-5,15-16H. The van der Waals surface area contributed by atoms with Crippen LogP contribution in [0.25, 0.3) is 22.1 Å². The highest BCUT2D eigenvalue weighted by molar-refractivity contribution is 6.61. The molecule has 0 bridgehead atoms. The highest BCUT2D eigenvalue weighted by atomic mass is 35.5. The van der Waals surface area contributed by atoms with Gasteiger partial charge in [-0.3, -0.25) is 4.98 Å². The number of para-hydroxylation sites is 1. The van der Waals surface area contributed by atoms with Crippen LogP contribution in [-0.4, -0.2) is 22.2 Å². The lowest BCUT2D eigenvalue weighted by Crippen LogP contribution is -2.29. The lowest BCUT2D eigenvalue weighted by molar-refractivity contribution is 0.425. The van der Waals surface area contributed by atoms with E-state index >= 15 is 0 Å². The molecule has 0 fully saturated rings. The largest absolute Gasteiger partial charge is 0.492 e. The molecule has 0 aliphatic heterocycles. The van der Waals surface area contributed by atoms with Crippen LogP contribution in [0.3, 0.4) is 0 Å². The van der Waals surface area contributed by atoms with Crippen LogP contribution in [-0.2, 0) is 0 Å². The van der Waals surface area contributed by atoms with E-state index in [2.05, 4.69) is 4.98 Å². The van der Waals surface area contributed by atoms with Crippen LogP contribution in [0, 0.1) is 0 Å². The van der Waals surface area contributed by atoms with Crippen LogP contribution >= 0.6 is 11.6 Å². The second-order valence-corrected chi connectivity index (χ2v) is 4.08. The molecule has 0 radical (unpaired) electrons. The number of nitrogens with zero attached hydrogens (tertiary/aromatic N) is 1. The van der Waals surface area contributed by atoms with Crippen molar-refractivity contribution >= 4 is 46.3 Å². The first kappa shape index (κ1) is 10.6. The molecule has 17 heavy (non-hydrogen) atoms. The van der Waals surface area contributed by atoms with E-state index < -0.39 is 7.12 Å². The maximum absolute atomic E-state index is 9.26. The predicted molar refractivity (Wildman–Crippen MR) is 66.4 cm³/mol. The summed E-state index contributed by atoms with van der Waals surface area (Å²) in [4.78, 5) is 4.19. The van der Waals surface area contributed by atoms with Crippen LogP contribution in [0.2, 0.25) is 5.02 Å². The van der Waals surface area contributed by atoms with Gasteiger partial charge in [0.25, 0.3) is 0 Å². The van der Waals surface area contributed by atoms with Crippen molar-refractivity contribution in [1.29, 1.82) is 0 Å². The Labute approximate surface area is 102 Å². The van der Waals surface area contributed by atoms with E-state index in [1.54, 1.807) is 30.5 Å². The topological polar surface area (TPSA) is 66.5 Å². The summed E-state index contributed by atoms with van der Waals surface area (Å²) in [6.45, 7) is 0. The Morgan fingerprint density at radius 1 is 1.18 bits per heavy atom. The minimum Gasteiger partial charge on any atom is -0.453 e. The average molecular weight is 247 g/mol. The molecule has 0 aliphatic rings. The molecular formula is C11H7BClNO3. The summed E-state index contributed by atoms with van der Waals surface area (Å²) in [5, 5.41) is 19.7. The molecule has 0 aliphatic carbocycles. The zero-order valence-corrected chi connectivity index (χ0v) is 9.35. The third-order valence-electron chi connectivity index (χ3n) is 2.64. The van der Waals surface area contributed by atoms with Crippen molar-refractivity contribution in [2.24, 2.45) is 0 Å². The summed E-state index contributed by atoms with van der Waals surface area (Å²) in [7, 11) is -1.59. The molecule has 2 heterocycles. The van der Waals surface area contributed by atoms with Gasteiger partial charge in [0.05, 0.1) is 5.02 Å². The fourth-order valence-electron chi connectivity index (χ4n) is 1.87. The lowest BCUT2D eigenvalue weighted by atomic mass is 9.79. The molecule has 1 aromatic carbocycles. The second kappa shape index (κ2) is 3.73. The van der Waals surface area contributed by atoms with Gasteiger partial charge in [0.2, 0.25) is 0 Å². The molecule has 6 heteroatoms. The molecule has 3 aromatic rings. The Bertz CT molecular complexity index is 710. The summed E-state index contributed by atoms with van der Waals surface area (Å²) in [6.07, 6.45) is 1.58. The number of fused-ring (bicyclic) bond motifs is 3. The quantitative estimate of drug-likeness (QED) is 0.636. The number of hydrogen-bond acceptors (Lipinski definition) is 4. The van der Waals surface area contributed by atoms with Gasteiger partial charge in [0.15, 0.2) is 5.58 Å². The second-order valence-electron chi connectivity index (χ2n) is 3.67. The maximum Gasteiger partial charge on any atom is 0.492 e. The van der Waals surface area contributed by atoms with Crippen LogP contribution in [0.15, 0.2) is 34.9 Å². The summed E-state index contributed by atoms with van der Waals surface area (Å²) >= 11 is 6.00. The third-order valence-corrected chi connectivity index (χ3v) is 2.94. The Hall–Kier alpha value is -1.56. The first-order valence-corrected chi connectivity index (χ1v) is 5.38. The molecule has 3 rings (SSSR count). The van der Waals surface area contributed by atoms with E-state index in [9.17, 15) is 10.0 Å². The van der Waals surface area contributed by atoms with E-state index in [1.807, 2.05) is 0 Å². The van der Waals surface area contributed by atoms with Gasteiger partial charge in [0, 0.05) is 17.0 Å². The average Bonchev–Trinajstić information content (AvgIpc) is 2.69. The zero-order chi connectivity index (χ0) is 12.0. The lowest BCUT2D eigenvalue weighted by Gasteiger charge is -1.98. The van der Waals surface area contributed by atoms with E-state index in [-0.39, 0.29) is 0 Å². The van der Waals surface area contributed by atoms with Gasteiger partial charge < -0.3 is 14.5 Å². The van der Waals surface area contributed by atoms with Crippen LogP contribution < -0.4 is 5.46 Å². The van der Waals surface area contributed by atoms with Gasteiger partial charge in [-0.25, -0.2) is 0 Å². The highest BCUT2D eigenvalue weighted by Crippen LogP contribution is 2.30. The van der Waals surface area contributed by atoms with Gasteiger partial charge in [-0.2, -0.15) is 0 Å². The number of hydrogen-bond donors (Lipinski definition) is 2. The Kier molecular flexibility index (Phi) is 2.33. The Balaban J connectivity index is 2.51. The first-order chi connectivity index (χ1) is 8.18. The van der Waals surface area contributed by atoms with Crippen molar-refractivity contribution in [2.45, 2.75) is 0 Å². The fourth-order valence-corrected chi connectivity index (χ4v) is 2.06. The molecule has 84 valence electrons. The van der Waals surface area contributed by atoms with Crippen molar-refractivity contribution in [2.75, 3.05) is 0 Å². The van der Waals surface area contributed by atoms with Crippen molar-refractivity contribution in [3.8, 4) is 0 Å². The van der Waals surface area contributed by atoms with Gasteiger partial charge in [-0.15, -0.1) is 0 Å². The summed E-state index contributed by atoms with van der Waals surface area (Å²) in [5.41, 5.74) is 1.78. The molecule has 0 saturated heterocycles. The molecule has 2 aromatic heterocycles. The smallest absolute Gasteiger partial charge is 0.453 e. The van der Waals surface area contributed by atoms with Crippen LogP contribution in [0.5, 0.6) is 0 Å². The Morgan fingerprint density at radius 3 is 2.76 bits per heavy atom. The van der Waals surface area contributed by atoms with E-state index in [4.69, 9.17) is 16.0 Å². The zero-order valence-electron chi connectivity index (χ0n) is 8.59. The normalized spacial score (nSPS) is 11.2. The van der Waals surface area contributed by atoms with Crippen LogP contribution in [0.1, 0.15) is 0 Å². The van der Waals surface area contributed by atoms with E-state index in [0.29, 0.717) is 32.6 Å². The SMILES string of the molecule is OB(O)c1cccc2c1oc1c(Cl)ccnc12. The maximum atomic E-state index is 9.26. The summed E-state index contributed by atoms with van der Waals surface area (Å²) < 4.78 is 5.56. The third kappa shape index (κ3) is 1.51. The first-order valence-electron chi connectivity index (χ1n) is 5.00. The van der Waals surface area contributed by atoms with Gasteiger partial charge in [-0.1, -0.05) is 23.7 Å². The van der Waals surface area contributed by atoms with E-state index in [0.717, 1.165) is 0 Å². The minimum absolute atomic E-state index is 0.302. The Morgan fingerprint density at radius 2 is 2.00 bits per heavy atom. The predicted octanol–water partition coefficient (Wildman–Crippen LogP) is 1.31. The van der Waals surface area contributed by atoms with Crippen molar-refractivity contribution in [3.05, 3.63) is 35.5 Å². The minimum atomic E-state index is -1.59. The number of rotatable bonds is 1. The summed E-state index contributed by atoms with van der Waals surface area (Å²) in [6, 6.07) is 6.73. The monoisotopic (exact) mass is 247 g/mol. The molecule has 0 spiro atoms. The fraction of sp³-hybridized carbons (Fsp3) is 0. The number of furan rings is 1. The number of benzene rings is 1. The van der Waals surface area contributed by atoms with Crippen molar-refractivity contribution in [3.63, 3.8) is 0 Å². The van der Waals surface area contributed by atoms with Crippen molar-refractivity contribution < 1.29 is 14.5 Å². The highest BCUT2D eigenvalue weighted by Gasteiger charge is 2.20. The molecule has 0 amide bonds. The van der Waals surface area contributed by atoms with E-state index in [1.165, 1.54) is 0 Å². The number of pyridine rings is 1.